The lowest BCUT2D eigenvalue weighted by molar-refractivity contribution is 0.306. The molecule has 31 heavy (non-hydrogen) atoms. The first-order valence-corrected chi connectivity index (χ1v) is 10.6. The van der Waals surface area contributed by atoms with Crippen molar-refractivity contribution in [3.05, 3.63) is 99.6 Å². The van der Waals surface area contributed by atoms with E-state index in [2.05, 4.69) is 16.3 Å². The molecule has 5 rings (SSSR count). The topological polar surface area (TPSA) is 97.0 Å². The van der Waals surface area contributed by atoms with Gasteiger partial charge in [0, 0.05) is 5.56 Å². The minimum atomic E-state index is -0.331. The summed E-state index contributed by atoms with van der Waals surface area (Å²) in [6, 6.07) is 22.0. The molecule has 0 saturated carbocycles. The van der Waals surface area contributed by atoms with Crippen molar-refractivity contribution >= 4 is 11.3 Å². The third-order valence-corrected chi connectivity index (χ3v) is 5.91. The number of aromatic nitrogens is 2. The molecule has 1 aliphatic rings. The van der Waals surface area contributed by atoms with E-state index in [0.29, 0.717) is 18.1 Å². The molecule has 6 nitrogen and oxygen atoms in total. The van der Waals surface area contributed by atoms with Crippen LogP contribution in [0.4, 0.5) is 0 Å². The maximum Gasteiger partial charge on any atom is 0.244 e. The molecule has 0 bridgehead atoms. The molecule has 2 aromatic carbocycles. The van der Waals surface area contributed by atoms with Gasteiger partial charge in [0.05, 0.1) is 17.2 Å². The molecule has 152 valence electrons. The molecule has 1 aliphatic heterocycles. The molecule has 0 aliphatic carbocycles. The number of H-pyrrole nitrogens is 1. The number of thiophene rings is 1. The van der Waals surface area contributed by atoms with Crippen molar-refractivity contribution in [2.24, 2.45) is 5.73 Å². The maximum absolute atomic E-state index is 9.73. The van der Waals surface area contributed by atoms with Crippen molar-refractivity contribution in [3.8, 4) is 29.0 Å². The average molecular weight is 427 g/mol. The second-order valence-corrected chi connectivity index (χ2v) is 7.88. The van der Waals surface area contributed by atoms with Crippen LogP contribution >= 0.6 is 11.3 Å². The molecule has 1 unspecified atom stereocenters. The summed E-state index contributed by atoms with van der Waals surface area (Å²) in [6.07, 6.45) is 0. The Morgan fingerprint density at radius 3 is 2.65 bits per heavy atom. The van der Waals surface area contributed by atoms with E-state index in [1.54, 1.807) is 11.3 Å². The van der Waals surface area contributed by atoms with Gasteiger partial charge in [-0.05, 0) is 52.2 Å². The Hall–Kier alpha value is -4.02. The second kappa shape index (κ2) is 8.01. The van der Waals surface area contributed by atoms with Crippen molar-refractivity contribution in [1.29, 1.82) is 5.26 Å². The highest BCUT2D eigenvalue weighted by Gasteiger charge is 2.35. The van der Waals surface area contributed by atoms with E-state index >= 15 is 0 Å². The van der Waals surface area contributed by atoms with E-state index in [1.165, 1.54) is 0 Å². The van der Waals surface area contributed by atoms with Gasteiger partial charge in [0.25, 0.3) is 0 Å². The van der Waals surface area contributed by atoms with Crippen LogP contribution in [0.2, 0.25) is 0 Å². The fourth-order valence-electron chi connectivity index (χ4n) is 3.70. The van der Waals surface area contributed by atoms with Crippen LogP contribution in [0, 0.1) is 11.3 Å². The van der Waals surface area contributed by atoms with Crippen LogP contribution in [-0.4, -0.2) is 10.2 Å². The number of allylic oxidation sites excluding steroid dienone is 1. The Balaban J connectivity index is 1.46. The van der Waals surface area contributed by atoms with Crippen molar-refractivity contribution < 1.29 is 9.47 Å². The summed E-state index contributed by atoms with van der Waals surface area (Å²) in [7, 11) is 0. The molecule has 4 aromatic rings. The zero-order chi connectivity index (χ0) is 21.2. The molecule has 3 N–H and O–H groups in total. The number of aromatic amines is 1. The normalized spacial score (nSPS) is 15.1. The molecule has 0 radical (unpaired) electrons. The van der Waals surface area contributed by atoms with Crippen LogP contribution in [0.5, 0.6) is 11.6 Å². The van der Waals surface area contributed by atoms with Crippen LogP contribution < -0.4 is 15.2 Å². The summed E-state index contributed by atoms with van der Waals surface area (Å²) < 4.78 is 11.5. The highest BCUT2D eigenvalue weighted by atomic mass is 32.1. The van der Waals surface area contributed by atoms with Crippen molar-refractivity contribution in [2.45, 2.75) is 12.5 Å². The number of ether oxygens (including phenoxy) is 2. The molecular formula is C24H18N4O2S. The van der Waals surface area contributed by atoms with E-state index in [-0.39, 0.29) is 11.8 Å². The maximum atomic E-state index is 9.73. The molecule has 1 atom stereocenters. The Bertz CT molecular complexity index is 1270. The van der Waals surface area contributed by atoms with Gasteiger partial charge in [0.2, 0.25) is 11.8 Å². The predicted molar refractivity (Wildman–Crippen MR) is 118 cm³/mol. The van der Waals surface area contributed by atoms with E-state index in [1.807, 2.05) is 71.4 Å². The smallest absolute Gasteiger partial charge is 0.244 e. The van der Waals surface area contributed by atoms with Crippen LogP contribution in [0.1, 0.15) is 22.6 Å². The van der Waals surface area contributed by atoms with Crippen LogP contribution in [-0.2, 0) is 6.61 Å². The van der Waals surface area contributed by atoms with Crippen molar-refractivity contribution in [3.63, 3.8) is 0 Å². The number of hydrogen-bond acceptors (Lipinski definition) is 6. The summed E-state index contributed by atoms with van der Waals surface area (Å²) in [6.45, 7) is 0.503. The Labute approximate surface area is 183 Å². The minimum absolute atomic E-state index is 0.0916. The van der Waals surface area contributed by atoms with Gasteiger partial charge in [-0.3, -0.25) is 5.10 Å². The standard InChI is InChI=1S/C24H18N4O2S/c25-12-19-20(17-10-11-31-14-17)21-22(27-28-24(21)30-23(19)26)16-6-8-18(9-7-16)29-13-15-4-2-1-3-5-15/h1-11,14,20H,13,26H2,(H,27,28). The third-order valence-electron chi connectivity index (χ3n) is 5.21. The number of nitrogens with one attached hydrogen (secondary N) is 1. The van der Waals surface area contributed by atoms with Gasteiger partial charge >= 0.3 is 0 Å². The summed E-state index contributed by atoms with van der Waals surface area (Å²) in [5.74, 6) is 0.928. The Morgan fingerprint density at radius 1 is 1.13 bits per heavy atom. The van der Waals surface area contributed by atoms with E-state index in [0.717, 1.165) is 33.7 Å². The monoisotopic (exact) mass is 426 g/mol. The highest BCUT2D eigenvalue weighted by molar-refractivity contribution is 7.08. The second-order valence-electron chi connectivity index (χ2n) is 7.10. The lowest BCUT2D eigenvalue weighted by Crippen LogP contribution is -2.20. The lowest BCUT2D eigenvalue weighted by atomic mass is 9.84. The molecule has 0 spiro atoms. The SMILES string of the molecule is N#CC1=C(N)Oc2n[nH]c(-c3ccc(OCc4ccccc4)cc3)c2C1c1ccsc1. The number of nitriles is 1. The minimum Gasteiger partial charge on any atom is -0.489 e. The van der Waals surface area contributed by atoms with Gasteiger partial charge in [-0.15, -0.1) is 5.10 Å². The van der Waals surface area contributed by atoms with Gasteiger partial charge in [-0.1, -0.05) is 30.3 Å². The van der Waals surface area contributed by atoms with Crippen LogP contribution in [0.25, 0.3) is 11.3 Å². The molecule has 3 heterocycles. The number of fused-ring (bicyclic) bond motifs is 1. The number of benzene rings is 2. The Kier molecular flexibility index (Phi) is 4.90. The summed E-state index contributed by atoms with van der Waals surface area (Å²) >= 11 is 1.57. The van der Waals surface area contributed by atoms with E-state index in [9.17, 15) is 5.26 Å². The molecular weight excluding hydrogens is 408 g/mol. The summed E-state index contributed by atoms with van der Waals surface area (Å²) in [5, 5.41) is 21.1. The first kappa shape index (κ1) is 19.0. The summed E-state index contributed by atoms with van der Waals surface area (Å²) in [5.41, 5.74) is 11.0. The van der Waals surface area contributed by atoms with Gasteiger partial charge < -0.3 is 15.2 Å². The number of hydrogen-bond donors (Lipinski definition) is 2. The highest BCUT2D eigenvalue weighted by Crippen LogP contribution is 2.46. The number of rotatable bonds is 5. The average Bonchev–Trinajstić information content (AvgIpc) is 3.48. The molecule has 0 fully saturated rings. The predicted octanol–water partition coefficient (Wildman–Crippen LogP) is 4.94. The molecule has 0 saturated heterocycles. The van der Waals surface area contributed by atoms with E-state index < -0.39 is 0 Å². The molecule has 7 heteroatoms. The van der Waals surface area contributed by atoms with Gasteiger partial charge in [0.15, 0.2) is 0 Å². The zero-order valence-electron chi connectivity index (χ0n) is 16.4. The first-order valence-electron chi connectivity index (χ1n) is 9.69. The lowest BCUT2D eigenvalue weighted by Gasteiger charge is -2.23. The van der Waals surface area contributed by atoms with Crippen molar-refractivity contribution in [1.82, 2.24) is 10.2 Å². The van der Waals surface area contributed by atoms with Crippen molar-refractivity contribution in [2.75, 3.05) is 0 Å². The zero-order valence-corrected chi connectivity index (χ0v) is 17.2. The Morgan fingerprint density at radius 2 is 1.94 bits per heavy atom. The van der Waals surface area contributed by atoms with Gasteiger partial charge in [-0.25, -0.2) is 0 Å². The quantitative estimate of drug-likeness (QED) is 0.471. The largest absolute Gasteiger partial charge is 0.489 e. The number of nitrogens with zero attached hydrogens (tertiary/aromatic N) is 2. The number of nitrogens with two attached hydrogens (primary N) is 1. The van der Waals surface area contributed by atoms with Crippen LogP contribution in [0.15, 0.2) is 82.9 Å². The molecule has 0 amide bonds. The van der Waals surface area contributed by atoms with Gasteiger partial charge in [0.1, 0.15) is 24.0 Å². The van der Waals surface area contributed by atoms with Crippen LogP contribution in [0.3, 0.4) is 0 Å². The fourth-order valence-corrected chi connectivity index (χ4v) is 4.38. The molecule has 2 aromatic heterocycles. The first-order chi connectivity index (χ1) is 15.2. The fraction of sp³-hybridized carbons (Fsp3) is 0.0833. The third kappa shape index (κ3) is 3.54. The van der Waals surface area contributed by atoms with E-state index in [4.69, 9.17) is 15.2 Å². The van der Waals surface area contributed by atoms with Gasteiger partial charge in [-0.2, -0.15) is 16.6 Å². The summed E-state index contributed by atoms with van der Waals surface area (Å²) in [4.78, 5) is 0.